The second-order valence-corrected chi connectivity index (χ2v) is 8.64. The van der Waals surface area contributed by atoms with Gasteiger partial charge in [0.15, 0.2) is 0 Å². The molecule has 1 atom stereocenters. The van der Waals surface area contributed by atoms with E-state index in [9.17, 15) is 0 Å². The van der Waals surface area contributed by atoms with Gasteiger partial charge in [-0.05, 0) is 60.5 Å². The molecule has 4 heterocycles. The zero-order valence-electron chi connectivity index (χ0n) is 19.9. The third kappa shape index (κ3) is 4.20. The quantitative estimate of drug-likeness (QED) is 0.338. The van der Waals surface area contributed by atoms with Crippen molar-refractivity contribution in [3.05, 3.63) is 72.8 Å². The number of hydrogen-bond acceptors (Lipinski definition) is 8. The molecule has 0 radical (unpaired) electrons. The first-order chi connectivity index (χ1) is 17.6. The van der Waals surface area contributed by atoms with E-state index in [1.54, 1.807) is 6.20 Å². The number of aromatic nitrogens is 5. The van der Waals surface area contributed by atoms with Crippen LogP contribution in [0.4, 0.5) is 5.82 Å². The minimum atomic E-state index is 0.209. The van der Waals surface area contributed by atoms with E-state index < -0.39 is 0 Å². The molecule has 0 bridgehead atoms. The summed E-state index contributed by atoms with van der Waals surface area (Å²) in [7, 11) is 1.98. The Morgan fingerprint density at radius 1 is 0.972 bits per heavy atom. The molecule has 1 saturated heterocycles. The van der Waals surface area contributed by atoms with Crippen LogP contribution in [0, 0.1) is 6.92 Å². The second kappa shape index (κ2) is 8.94. The van der Waals surface area contributed by atoms with Gasteiger partial charge >= 0.3 is 6.01 Å². The molecule has 9 nitrogen and oxygen atoms in total. The SMILES string of the molecule is Cc1ccnc(Oc2ccc(-c3c(-c4ccc(OC[C@H]5CO5)cc4)n(C)c4ncnc(N)c34)cc2)n1. The number of hydrogen-bond donors (Lipinski definition) is 1. The minimum absolute atomic E-state index is 0.209. The van der Waals surface area contributed by atoms with Gasteiger partial charge in [-0.15, -0.1) is 0 Å². The Labute approximate surface area is 207 Å². The number of rotatable bonds is 7. The molecule has 3 aromatic heterocycles. The highest BCUT2D eigenvalue weighted by Crippen LogP contribution is 2.42. The summed E-state index contributed by atoms with van der Waals surface area (Å²) in [4.78, 5) is 17.3. The molecular weight excluding hydrogens is 456 g/mol. The van der Waals surface area contributed by atoms with Crippen molar-refractivity contribution in [1.29, 1.82) is 0 Å². The Balaban J connectivity index is 1.40. The lowest BCUT2D eigenvalue weighted by Gasteiger charge is -2.11. The predicted octanol–water partition coefficient (Wildman–Crippen LogP) is 4.55. The van der Waals surface area contributed by atoms with Gasteiger partial charge in [-0.1, -0.05) is 12.1 Å². The van der Waals surface area contributed by atoms with Gasteiger partial charge in [0.05, 0.1) is 17.7 Å². The molecule has 0 unspecified atom stereocenters. The third-order valence-corrected chi connectivity index (χ3v) is 6.09. The maximum absolute atomic E-state index is 6.36. The second-order valence-electron chi connectivity index (χ2n) is 8.64. The smallest absolute Gasteiger partial charge is 0.322 e. The highest BCUT2D eigenvalue weighted by Gasteiger charge is 2.24. The van der Waals surface area contributed by atoms with E-state index in [-0.39, 0.29) is 6.10 Å². The van der Waals surface area contributed by atoms with Crippen LogP contribution in [-0.2, 0) is 11.8 Å². The monoisotopic (exact) mass is 480 g/mol. The van der Waals surface area contributed by atoms with Crippen LogP contribution in [-0.4, -0.2) is 43.8 Å². The normalized spacial score (nSPS) is 14.7. The first-order valence-corrected chi connectivity index (χ1v) is 11.6. The average Bonchev–Trinajstić information content (AvgIpc) is 3.67. The Kier molecular flexibility index (Phi) is 5.46. The Morgan fingerprint density at radius 2 is 1.69 bits per heavy atom. The number of ether oxygens (including phenoxy) is 3. The van der Waals surface area contributed by atoms with Crippen LogP contribution >= 0.6 is 0 Å². The van der Waals surface area contributed by atoms with Crippen LogP contribution in [0.1, 0.15) is 5.69 Å². The topological polar surface area (TPSA) is 114 Å². The molecule has 0 spiro atoms. The molecule has 2 N–H and O–H groups in total. The first-order valence-electron chi connectivity index (χ1n) is 11.6. The lowest BCUT2D eigenvalue weighted by Crippen LogP contribution is -2.03. The fourth-order valence-corrected chi connectivity index (χ4v) is 4.23. The summed E-state index contributed by atoms with van der Waals surface area (Å²) in [6, 6.07) is 17.9. The Morgan fingerprint density at radius 3 is 2.42 bits per heavy atom. The molecule has 6 rings (SSSR count). The minimum Gasteiger partial charge on any atom is -0.491 e. The zero-order valence-corrected chi connectivity index (χ0v) is 19.9. The van der Waals surface area contributed by atoms with Gasteiger partial charge < -0.3 is 24.5 Å². The first kappa shape index (κ1) is 22.0. The number of nitrogens with zero attached hydrogens (tertiary/aromatic N) is 5. The summed E-state index contributed by atoms with van der Waals surface area (Å²) in [6.45, 7) is 3.22. The van der Waals surface area contributed by atoms with E-state index in [1.165, 1.54) is 6.33 Å². The molecule has 1 fully saturated rings. The molecule has 1 aliphatic rings. The molecule has 0 saturated carbocycles. The van der Waals surface area contributed by atoms with E-state index in [1.807, 2.05) is 73.1 Å². The summed E-state index contributed by atoms with van der Waals surface area (Å²) in [5, 5.41) is 0.803. The molecule has 1 aliphatic heterocycles. The van der Waals surface area contributed by atoms with Gasteiger partial charge in [-0.25, -0.2) is 19.9 Å². The largest absolute Gasteiger partial charge is 0.491 e. The number of nitrogens with two attached hydrogens (primary N) is 1. The van der Waals surface area contributed by atoms with Crippen molar-refractivity contribution in [3.8, 4) is 39.9 Å². The predicted molar refractivity (Wildman–Crippen MR) is 136 cm³/mol. The lowest BCUT2D eigenvalue weighted by molar-refractivity contribution is 0.263. The van der Waals surface area contributed by atoms with E-state index in [4.69, 9.17) is 19.9 Å². The van der Waals surface area contributed by atoms with Crippen LogP contribution in [0.5, 0.6) is 17.5 Å². The number of aryl methyl sites for hydroxylation is 2. The number of nitrogen functional groups attached to an aromatic ring is 1. The van der Waals surface area contributed by atoms with Crippen molar-refractivity contribution in [2.45, 2.75) is 13.0 Å². The third-order valence-electron chi connectivity index (χ3n) is 6.09. The van der Waals surface area contributed by atoms with Gasteiger partial charge in [0.25, 0.3) is 0 Å². The molecular formula is C27H24N6O3. The lowest BCUT2D eigenvalue weighted by atomic mass is 9.98. The summed E-state index contributed by atoms with van der Waals surface area (Å²) >= 11 is 0. The van der Waals surface area contributed by atoms with Crippen molar-refractivity contribution in [2.24, 2.45) is 7.05 Å². The summed E-state index contributed by atoms with van der Waals surface area (Å²) in [6.07, 6.45) is 3.37. The van der Waals surface area contributed by atoms with Gasteiger partial charge in [0.2, 0.25) is 0 Å². The molecule has 0 amide bonds. The number of anilines is 1. The molecule has 180 valence electrons. The Bertz CT molecular complexity index is 1540. The Hall–Kier alpha value is -4.50. The molecule has 9 heteroatoms. The van der Waals surface area contributed by atoms with Crippen LogP contribution in [0.25, 0.3) is 33.4 Å². The maximum atomic E-state index is 6.36. The van der Waals surface area contributed by atoms with Crippen LogP contribution in [0.15, 0.2) is 67.1 Å². The van der Waals surface area contributed by atoms with Gasteiger partial charge in [-0.3, -0.25) is 0 Å². The van der Waals surface area contributed by atoms with Crippen LogP contribution in [0.2, 0.25) is 0 Å². The summed E-state index contributed by atoms with van der Waals surface area (Å²) in [5.74, 6) is 1.86. The van der Waals surface area contributed by atoms with Crippen molar-refractivity contribution in [1.82, 2.24) is 24.5 Å². The van der Waals surface area contributed by atoms with Crippen molar-refractivity contribution >= 4 is 16.9 Å². The van der Waals surface area contributed by atoms with E-state index in [0.717, 1.165) is 51.5 Å². The maximum Gasteiger partial charge on any atom is 0.322 e. The van der Waals surface area contributed by atoms with Crippen LogP contribution in [0.3, 0.4) is 0 Å². The van der Waals surface area contributed by atoms with E-state index >= 15 is 0 Å². The highest BCUT2D eigenvalue weighted by atomic mass is 16.6. The average molecular weight is 481 g/mol. The van der Waals surface area contributed by atoms with Crippen molar-refractivity contribution in [3.63, 3.8) is 0 Å². The molecule has 36 heavy (non-hydrogen) atoms. The van der Waals surface area contributed by atoms with Gasteiger partial charge in [0, 0.05) is 24.5 Å². The fourth-order valence-electron chi connectivity index (χ4n) is 4.23. The van der Waals surface area contributed by atoms with E-state index in [2.05, 4.69) is 19.9 Å². The zero-order chi connectivity index (χ0) is 24.6. The number of benzene rings is 2. The standard InChI is InChI=1S/C27H24N6O3/c1-16-11-12-29-27(32-16)36-20-9-3-17(4-10-20)22-23-25(28)30-15-31-26(23)33(2)24(22)18-5-7-19(8-6-18)34-13-21-14-35-21/h3-12,15,21H,13-14H2,1-2H3,(H2,28,30,31)/t21-/m0/s1. The highest BCUT2D eigenvalue weighted by molar-refractivity contribution is 6.07. The van der Waals surface area contributed by atoms with Crippen molar-refractivity contribution < 1.29 is 14.2 Å². The van der Waals surface area contributed by atoms with E-state index in [0.29, 0.717) is 24.2 Å². The van der Waals surface area contributed by atoms with Gasteiger partial charge in [-0.2, -0.15) is 0 Å². The fraction of sp³-hybridized carbons (Fsp3) is 0.185. The summed E-state index contributed by atoms with van der Waals surface area (Å²) in [5.41, 5.74) is 11.8. The van der Waals surface area contributed by atoms with Gasteiger partial charge in [0.1, 0.15) is 42.0 Å². The van der Waals surface area contributed by atoms with Crippen LogP contribution < -0.4 is 15.2 Å². The molecule has 5 aromatic rings. The molecule has 0 aliphatic carbocycles. The molecule has 2 aromatic carbocycles. The summed E-state index contributed by atoms with van der Waals surface area (Å²) < 4.78 is 18.9. The number of fused-ring (bicyclic) bond motifs is 1. The number of epoxide rings is 1. The van der Waals surface area contributed by atoms with Crippen molar-refractivity contribution in [2.75, 3.05) is 18.9 Å².